The van der Waals surface area contributed by atoms with Gasteiger partial charge >= 0.3 is 0 Å². The molecule has 382 valence electrons. The van der Waals surface area contributed by atoms with Crippen molar-refractivity contribution in [3.8, 4) is 24.2 Å². The molecule has 0 bridgehead atoms. The average Bonchev–Trinajstić information content (AvgIpc) is 3.86. The number of Topliss-reactive ketones (excluding diaryl/α,β-unsaturated/α-hetero) is 1. The molecule has 2 aromatic heterocycles. The van der Waals surface area contributed by atoms with Gasteiger partial charge in [0.1, 0.15) is 12.4 Å². The third-order valence-corrected chi connectivity index (χ3v) is 12.8. The number of fused-ring (bicyclic) bond motifs is 1. The Morgan fingerprint density at radius 3 is 1.99 bits per heavy atom. The highest BCUT2D eigenvalue weighted by Gasteiger charge is 2.30. The summed E-state index contributed by atoms with van der Waals surface area (Å²) in [6.07, 6.45) is 12.1. The molecule has 71 heavy (non-hydrogen) atoms. The van der Waals surface area contributed by atoms with E-state index in [4.69, 9.17) is 35.5 Å². The second kappa shape index (κ2) is 30.0. The quantitative estimate of drug-likeness (QED) is 0.0164. The Labute approximate surface area is 417 Å². The lowest BCUT2D eigenvalue weighted by Crippen LogP contribution is -2.49. The SMILES string of the molecule is C#CCOCCOCCOCCOCCN1CCN(CCCN2CCN(CCCNC(=O)C(=N)/N=C\Nc3ncc(OC)c4c(C(=O)C(=O)N5CCC(=C(C#N)c6ccccc6)CC5)c[nH]c34)CC2)CC1. The van der Waals surface area contributed by atoms with Crippen molar-refractivity contribution < 1.29 is 38.1 Å². The number of ketones is 1. The van der Waals surface area contributed by atoms with E-state index in [1.165, 1.54) is 30.7 Å². The molecule has 5 heterocycles. The van der Waals surface area contributed by atoms with E-state index in [0.29, 0.717) is 102 Å². The highest BCUT2D eigenvalue weighted by molar-refractivity contribution is 6.45. The van der Waals surface area contributed by atoms with Gasteiger partial charge in [-0.2, -0.15) is 5.26 Å². The van der Waals surface area contributed by atoms with Crippen LogP contribution < -0.4 is 15.4 Å². The highest BCUT2D eigenvalue weighted by atomic mass is 16.6. The maximum atomic E-state index is 13.6. The van der Waals surface area contributed by atoms with E-state index in [-0.39, 0.29) is 17.1 Å². The summed E-state index contributed by atoms with van der Waals surface area (Å²) in [5, 5.41) is 24.1. The number of hydrogen-bond donors (Lipinski definition) is 4. The minimum Gasteiger partial charge on any atom is -0.494 e. The van der Waals surface area contributed by atoms with E-state index in [9.17, 15) is 19.6 Å². The molecule has 0 unspecified atom stereocenters. The second-order valence-electron chi connectivity index (χ2n) is 17.4. The molecule has 3 aromatic rings. The first-order valence-corrected chi connectivity index (χ1v) is 24.6. The summed E-state index contributed by atoms with van der Waals surface area (Å²) in [6, 6.07) is 11.8. The molecule has 0 radical (unpaired) electrons. The second-order valence-corrected chi connectivity index (χ2v) is 17.4. The Morgan fingerprint density at radius 2 is 1.39 bits per heavy atom. The number of nitrogens with zero attached hydrogens (tertiary/aromatic N) is 8. The Balaban J connectivity index is 0.804. The number of piperidine rings is 1. The first-order valence-electron chi connectivity index (χ1n) is 24.6. The molecule has 4 N–H and O–H groups in total. The Hall–Kier alpha value is -6.07. The number of carbonyl (C=O) groups is 3. The lowest BCUT2D eigenvalue weighted by atomic mass is 9.93. The van der Waals surface area contributed by atoms with Gasteiger partial charge in [0, 0.05) is 84.7 Å². The van der Waals surface area contributed by atoms with Gasteiger partial charge in [-0.1, -0.05) is 36.3 Å². The molecule has 1 aromatic carbocycles. The molecule has 0 aliphatic carbocycles. The van der Waals surface area contributed by atoms with Crippen molar-refractivity contribution in [1.82, 2.24) is 39.8 Å². The van der Waals surface area contributed by atoms with Crippen molar-refractivity contribution in [2.24, 2.45) is 4.99 Å². The molecule has 3 fully saturated rings. The summed E-state index contributed by atoms with van der Waals surface area (Å²) in [5.41, 5.74) is 2.90. The number of piperazine rings is 2. The molecule has 6 rings (SSSR count). The van der Waals surface area contributed by atoms with Gasteiger partial charge in [0.05, 0.1) is 94.0 Å². The minimum absolute atomic E-state index is 0.120. The zero-order valence-corrected chi connectivity index (χ0v) is 41.1. The van der Waals surface area contributed by atoms with E-state index in [1.807, 2.05) is 30.3 Å². The zero-order valence-electron chi connectivity index (χ0n) is 41.1. The number of likely N-dealkylation sites (tertiary alicyclic amines) is 1. The van der Waals surface area contributed by atoms with Gasteiger partial charge in [0.25, 0.3) is 17.6 Å². The van der Waals surface area contributed by atoms with Crippen molar-refractivity contribution in [2.75, 3.05) is 163 Å². The number of carbonyl (C=O) groups excluding carboxylic acids is 3. The number of anilines is 1. The maximum absolute atomic E-state index is 13.6. The number of aromatic nitrogens is 2. The van der Waals surface area contributed by atoms with Crippen LogP contribution in [0.5, 0.6) is 5.75 Å². The van der Waals surface area contributed by atoms with Gasteiger partial charge in [-0.3, -0.25) is 24.7 Å². The van der Waals surface area contributed by atoms with E-state index >= 15 is 0 Å². The summed E-state index contributed by atoms with van der Waals surface area (Å²) in [4.78, 5) is 62.7. The normalized spacial score (nSPS) is 16.2. The largest absolute Gasteiger partial charge is 0.494 e. The molecule has 3 saturated heterocycles. The third-order valence-electron chi connectivity index (χ3n) is 12.8. The predicted octanol–water partition coefficient (Wildman–Crippen LogP) is 2.60. The van der Waals surface area contributed by atoms with Gasteiger partial charge < -0.3 is 58.9 Å². The number of methoxy groups -OCH3 is 1. The van der Waals surface area contributed by atoms with Gasteiger partial charge in [-0.15, -0.1) is 6.42 Å². The van der Waals surface area contributed by atoms with Crippen LogP contribution in [0.25, 0.3) is 16.5 Å². The Kier molecular flexibility index (Phi) is 22.9. The van der Waals surface area contributed by atoms with Crippen molar-refractivity contribution in [2.45, 2.75) is 25.7 Å². The van der Waals surface area contributed by atoms with Crippen molar-refractivity contribution in [3.63, 3.8) is 0 Å². The number of nitriles is 1. The molecular weight excluding hydrogens is 909 g/mol. The van der Waals surface area contributed by atoms with Crippen LogP contribution in [0.4, 0.5) is 5.82 Å². The zero-order chi connectivity index (χ0) is 50.0. The minimum atomic E-state index is -0.707. The van der Waals surface area contributed by atoms with Crippen LogP contribution in [-0.2, 0) is 28.5 Å². The first-order chi connectivity index (χ1) is 34.8. The number of benzene rings is 1. The van der Waals surface area contributed by atoms with Crippen LogP contribution in [0.3, 0.4) is 0 Å². The number of aliphatic imine (C=N–C) groups is 1. The number of aromatic amines is 1. The number of nitrogens with one attached hydrogen (secondary N) is 4. The van der Waals surface area contributed by atoms with E-state index in [1.54, 1.807) is 0 Å². The van der Waals surface area contributed by atoms with Crippen LogP contribution >= 0.6 is 0 Å². The summed E-state index contributed by atoms with van der Waals surface area (Å²) in [6.45, 7) is 17.6. The summed E-state index contributed by atoms with van der Waals surface area (Å²) in [7, 11) is 1.45. The summed E-state index contributed by atoms with van der Waals surface area (Å²) < 4.78 is 27.4. The number of hydrogen-bond acceptors (Lipinski definition) is 15. The number of ether oxygens (including phenoxy) is 5. The smallest absolute Gasteiger partial charge is 0.295 e. The summed E-state index contributed by atoms with van der Waals surface area (Å²) >= 11 is 0. The molecule has 20 heteroatoms. The van der Waals surface area contributed by atoms with Crippen LogP contribution in [0.15, 0.2) is 53.3 Å². The van der Waals surface area contributed by atoms with E-state index < -0.39 is 23.4 Å². The lowest BCUT2D eigenvalue weighted by molar-refractivity contribution is -0.126. The highest BCUT2D eigenvalue weighted by Crippen LogP contribution is 2.33. The van der Waals surface area contributed by atoms with Crippen LogP contribution in [0, 0.1) is 29.1 Å². The van der Waals surface area contributed by atoms with Crippen molar-refractivity contribution in [1.29, 1.82) is 10.7 Å². The third kappa shape index (κ3) is 17.0. The fourth-order valence-electron chi connectivity index (χ4n) is 8.78. The molecule has 0 saturated carbocycles. The Bertz CT molecular complexity index is 2320. The number of rotatable bonds is 27. The number of H-pyrrole nitrogens is 1. The maximum Gasteiger partial charge on any atom is 0.295 e. The molecule has 3 aliphatic rings. The number of allylic oxidation sites excluding steroid dienone is 1. The monoisotopic (exact) mass is 979 g/mol. The first kappa shape index (κ1) is 54.3. The van der Waals surface area contributed by atoms with Crippen molar-refractivity contribution in [3.05, 3.63) is 59.4 Å². The van der Waals surface area contributed by atoms with Gasteiger partial charge in [0.2, 0.25) is 5.84 Å². The summed E-state index contributed by atoms with van der Waals surface area (Å²) in [5.74, 6) is 0.533. The van der Waals surface area contributed by atoms with Gasteiger partial charge in [0.15, 0.2) is 5.82 Å². The van der Waals surface area contributed by atoms with Crippen LogP contribution in [0.1, 0.15) is 41.6 Å². The number of terminal acetylenes is 1. The van der Waals surface area contributed by atoms with Gasteiger partial charge in [-0.25, -0.2) is 9.98 Å². The predicted molar refractivity (Wildman–Crippen MR) is 272 cm³/mol. The number of pyridine rings is 1. The van der Waals surface area contributed by atoms with Crippen molar-refractivity contribution >= 4 is 52.1 Å². The van der Waals surface area contributed by atoms with Crippen LogP contribution in [0.2, 0.25) is 0 Å². The fraction of sp³-hybridized carbons (Fsp3) is 0.549. The number of amidine groups is 1. The number of amides is 2. The standard InChI is InChI=1S/C51H70N12O8/c1-3-28-68-30-32-70-34-35-71-33-31-69-29-27-62-25-23-61(24-26-62)16-8-15-60-21-19-59(20-22-60)14-7-13-54-50(65)48(53)57-39-58-49-46-45(44(67-2)38-56-49)43(37-55-46)47(64)51(66)63-17-11-41(12-18-63)42(36-52)40-9-5-4-6-10-40/h1,4-6,9-10,37-39,55H,7-8,11-35H2,2H3,(H,54,65)(H2,53,56,57,58). The molecule has 20 nitrogen and oxygen atoms in total. The van der Waals surface area contributed by atoms with E-state index in [2.05, 4.69) is 57.2 Å². The molecule has 0 spiro atoms. The van der Waals surface area contributed by atoms with E-state index in [0.717, 1.165) is 103 Å². The molecule has 2 amide bonds. The Morgan fingerprint density at radius 1 is 0.817 bits per heavy atom. The lowest BCUT2D eigenvalue weighted by Gasteiger charge is -2.36. The van der Waals surface area contributed by atoms with Gasteiger partial charge in [-0.05, 0) is 56.5 Å². The fourth-order valence-corrected chi connectivity index (χ4v) is 8.78. The molecular formula is C51H70N12O8. The average molecular weight is 979 g/mol. The molecule has 0 atom stereocenters. The topological polar surface area (TPSA) is 226 Å². The van der Waals surface area contributed by atoms with Crippen LogP contribution in [-0.4, -0.2) is 222 Å². The molecule has 3 aliphatic heterocycles.